The highest BCUT2D eigenvalue weighted by Crippen LogP contribution is 2.27. The summed E-state index contributed by atoms with van der Waals surface area (Å²) in [4.78, 5) is 13.2. The zero-order valence-electron chi connectivity index (χ0n) is 11.7. The van der Waals surface area contributed by atoms with Crippen molar-refractivity contribution in [3.05, 3.63) is 53.6 Å². The number of rotatable bonds is 3. The summed E-state index contributed by atoms with van der Waals surface area (Å²) in [6, 6.07) is 8.43. The molecule has 0 saturated heterocycles. The second kappa shape index (κ2) is 5.78. The van der Waals surface area contributed by atoms with E-state index in [0.717, 1.165) is 6.07 Å². The van der Waals surface area contributed by atoms with Crippen molar-refractivity contribution in [2.75, 3.05) is 25.1 Å². The van der Waals surface area contributed by atoms with Gasteiger partial charge in [0.05, 0.1) is 17.1 Å². The van der Waals surface area contributed by atoms with Crippen molar-refractivity contribution in [2.24, 2.45) is 0 Å². The van der Waals surface area contributed by atoms with Crippen LogP contribution in [0.2, 0.25) is 0 Å². The number of nitrogen functional groups attached to an aromatic ring is 1. The lowest BCUT2D eigenvalue weighted by molar-refractivity contribution is 0.0827. The zero-order chi connectivity index (χ0) is 15.6. The van der Waals surface area contributed by atoms with Crippen LogP contribution in [0.3, 0.4) is 0 Å². The third kappa shape index (κ3) is 3.10. The minimum Gasteiger partial charge on any atom is -0.397 e. The Morgan fingerprint density at radius 3 is 2.48 bits per heavy atom. The number of benzene rings is 2. The lowest BCUT2D eigenvalue weighted by Gasteiger charge is -2.14. The number of hydrogen-bond acceptors (Lipinski definition) is 3. The molecule has 21 heavy (non-hydrogen) atoms. The molecule has 6 heteroatoms. The Balaban J connectivity index is 2.30. The molecule has 0 radical (unpaired) electrons. The van der Waals surface area contributed by atoms with E-state index in [0.29, 0.717) is 11.3 Å². The molecule has 0 aromatic heterocycles. The van der Waals surface area contributed by atoms with Gasteiger partial charge in [0.15, 0.2) is 11.6 Å². The van der Waals surface area contributed by atoms with Gasteiger partial charge in [0.1, 0.15) is 0 Å². The average Bonchev–Trinajstić information content (AvgIpc) is 2.44. The highest BCUT2D eigenvalue weighted by Gasteiger charge is 2.12. The normalized spacial score (nSPS) is 10.3. The quantitative estimate of drug-likeness (QED) is 0.855. The van der Waals surface area contributed by atoms with E-state index in [9.17, 15) is 13.6 Å². The Morgan fingerprint density at radius 2 is 1.86 bits per heavy atom. The van der Waals surface area contributed by atoms with Gasteiger partial charge in [-0.3, -0.25) is 4.79 Å². The largest absolute Gasteiger partial charge is 0.397 e. The zero-order valence-corrected chi connectivity index (χ0v) is 11.7. The van der Waals surface area contributed by atoms with Gasteiger partial charge in [-0.05, 0) is 30.3 Å². The van der Waals surface area contributed by atoms with E-state index in [2.05, 4.69) is 5.32 Å². The first-order valence-corrected chi connectivity index (χ1v) is 6.22. The molecule has 0 aliphatic rings. The van der Waals surface area contributed by atoms with Gasteiger partial charge in [-0.25, -0.2) is 8.78 Å². The van der Waals surface area contributed by atoms with Crippen molar-refractivity contribution < 1.29 is 13.6 Å². The number of carbonyl (C=O) groups excluding carboxylic acids is 1. The third-order valence-corrected chi connectivity index (χ3v) is 2.93. The standard InChI is InChI=1S/C15H15F2N3O/c1-20(2)15(21)9-6-7-12(11(18)8-9)19-13-5-3-4-10(16)14(13)17/h3-8,19H,18H2,1-2H3. The first-order chi connectivity index (χ1) is 9.90. The van der Waals surface area contributed by atoms with E-state index in [1.807, 2.05) is 0 Å². The molecule has 0 heterocycles. The van der Waals surface area contributed by atoms with Gasteiger partial charge in [0, 0.05) is 19.7 Å². The van der Waals surface area contributed by atoms with Gasteiger partial charge in [-0.2, -0.15) is 0 Å². The lowest BCUT2D eigenvalue weighted by atomic mass is 10.1. The number of nitrogens with zero attached hydrogens (tertiary/aromatic N) is 1. The molecular weight excluding hydrogens is 276 g/mol. The Hall–Kier alpha value is -2.63. The molecule has 0 aliphatic carbocycles. The summed E-state index contributed by atoms with van der Waals surface area (Å²) in [7, 11) is 3.26. The monoisotopic (exact) mass is 291 g/mol. The molecular formula is C15H15F2N3O. The molecule has 0 bridgehead atoms. The Morgan fingerprint density at radius 1 is 1.14 bits per heavy atom. The smallest absolute Gasteiger partial charge is 0.253 e. The van der Waals surface area contributed by atoms with Gasteiger partial charge in [-0.15, -0.1) is 0 Å². The van der Waals surface area contributed by atoms with Crippen LogP contribution < -0.4 is 11.1 Å². The van der Waals surface area contributed by atoms with Crippen molar-refractivity contribution in [1.29, 1.82) is 0 Å². The minimum atomic E-state index is -0.981. The van der Waals surface area contributed by atoms with Crippen LogP contribution in [0.1, 0.15) is 10.4 Å². The van der Waals surface area contributed by atoms with Crippen molar-refractivity contribution in [3.63, 3.8) is 0 Å². The predicted molar refractivity (Wildman–Crippen MR) is 78.5 cm³/mol. The highest BCUT2D eigenvalue weighted by atomic mass is 19.2. The van der Waals surface area contributed by atoms with Crippen LogP contribution in [0.15, 0.2) is 36.4 Å². The molecule has 110 valence electrons. The van der Waals surface area contributed by atoms with E-state index >= 15 is 0 Å². The summed E-state index contributed by atoms with van der Waals surface area (Å²) in [6.07, 6.45) is 0. The molecule has 4 nitrogen and oxygen atoms in total. The number of amides is 1. The Bertz CT molecular complexity index is 687. The molecule has 0 atom stereocenters. The molecule has 0 saturated carbocycles. The van der Waals surface area contributed by atoms with E-state index < -0.39 is 11.6 Å². The van der Waals surface area contributed by atoms with Gasteiger partial charge >= 0.3 is 0 Å². The maximum atomic E-state index is 13.6. The van der Waals surface area contributed by atoms with Gasteiger partial charge in [-0.1, -0.05) is 6.07 Å². The van der Waals surface area contributed by atoms with Crippen LogP contribution in [0.4, 0.5) is 25.8 Å². The summed E-state index contributed by atoms with van der Waals surface area (Å²) in [5, 5.41) is 2.71. The Kier molecular flexibility index (Phi) is 4.07. The Labute approximate surface area is 121 Å². The third-order valence-electron chi connectivity index (χ3n) is 2.93. The fourth-order valence-corrected chi connectivity index (χ4v) is 1.81. The van der Waals surface area contributed by atoms with Gasteiger partial charge in [0.25, 0.3) is 5.91 Å². The maximum absolute atomic E-state index is 13.6. The molecule has 1 amide bonds. The predicted octanol–water partition coefficient (Wildman–Crippen LogP) is 2.99. The average molecular weight is 291 g/mol. The fourth-order valence-electron chi connectivity index (χ4n) is 1.81. The van der Waals surface area contributed by atoms with Crippen LogP contribution in [-0.4, -0.2) is 24.9 Å². The molecule has 3 N–H and O–H groups in total. The molecule has 0 spiro atoms. The molecule has 2 aromatic rings. The van der Waals surface area contributed by atoms with E-state index in [1.54, 1.807) is 26.2 Å². The summed E-state index contributed by atoms with van der Waals surface area (Å²) < 4.78 is 26.7. The van der Waals surface area contributed by atoms with E-state index in [1.165, 1.54) is 23.1 Å². The first-order valence-electron chi connectivity index (χ1n) is 6.22. The second-order valence-electron chi connectivity index (χ2n) is 4.73. The van der Waals surface area contributed by atoms with Crippen LogP contribution in [0, 0.1) is 11.6 Å². The summed E-state index contributed by atoms with van der Waals surface area (Å²) >= 11 is 0. The molecule has 2 aromatic carbocycles. The first kappa shape index (κ1) is 14.8. The van der Waals surface area contributed by atoms with Crippen LogP contribution >= 0.6 is 0 Å². The lowest BCUT2D eigenvalue weighted by Crippen LogP contribution is -2.21. The number of nitrogens with two attached hydrogens (primary N) is 1. The number of hydrogen-bond donors (Lipinski definition) is 2. The number of carbonyl (C=O) groups is 1. The van der Waals surface area contributed by atoms with Crippen LogP contribution in [0.5, 0.6) is 0 Å². The maximum Gasteiger partial charge on any atom is 0.253 e. The fraction of sp³-hybridized carbons (Fsp3) is 0.133. The molecule has 2 rings (SSSR count). The number of halogens is 2. The van der Waals surface area contributed by atoms with E-state index in [4.69, 9.17) is 5.73 Å². The van der Waals surface area contributed by atoms with Crippen LogP contribution in [0.25, 0.3) is 0 Å². The second-order valence-corrected chi connectivity index (χ2v) is 4.73. The van der Waals surface area contributed by atoms with Crippen molar-refractivity contribution in [3.8, 4) is 0 Å². The molecule has 0 unspecified atom stereocenters. The van der Waals surface area contributed by atoms with Crippen LogP contribution in [-0.2, 0) is 0 Å². The molecule has 0 aliphatic heterocycles. The summed E-state index contributed by atoms with van der Waals surface area (Å²) in [6.45, 7) is 0. The topological polar surface area (TPSA) is 58.4 Å². The highest BCUT2D eigenvalue weighted by molar-refractivity contribution is 5.96. The molecule has 0 fully saturated rings. The van der Waals surface area contributed by atoms with Gasteiger partial charge < -0.3 is 16.0 Å². The summed E-state index contributed by atoms with van der Waals surface area (Å²) in [5.41, 5.74) is 6.91. The minimum absolute atomic E-state index is 0.0200. The van der Waals surface area contributed by atoms with Crippen molar-refractivity contribution in [2.45, 2.75) is 0 Å². The van der Waals surface area contributed by atoms with E-state index in [-0.39, 0.29) is 17.3 Å². The number of anilines is 3. The SMILES string of the molecule is CN(C)C(=O)c1ccc(Nc2cccc(F)c2F)c(N)c1. The van der Waals surface area contributed by atoms with Crippen molar-refractivity contribution >= 4 is 23.0 Å². The van der Waals surface area contributed by atoms with Crippen molar-refractivity contribution in [1.82, 2.24) is 4.90 Å². The summed E-state index contributed by atoms with van der Waals surface area (Å²) in [5.74, 6) is -2.12. The number of nitrogens with one attached hydrogen (secondary N) is 1. The van der Waals surface area contributed by atoms with Gasteiger partial charge in [0.2, 0.25) is 0 Å².